The molecule has 2 aromatic rings. The van der Waals surface area contributed by atoms with Crippen LogP contribution >= 0.6 is 0 Å². The highest BCUT2D eigenvalue weighted by Gasteiger charge is 2.11. The third-order valence-corrected chi connectivity index (χ3v) is 2.37. The molecule has 0 unspecified atom stereocenters. The first-order valence-electron chi connectivity index (χ1n) is 4.76. The molecule has 3 nitrogen and oxygen atoms in total. The molecule has 0 radical (unpaired) electrons. The van der Waals surface area contributed by atoms with Gasteiger partial charge in [-0.3, -0.25) is 9.36 Å². The van der Waals surface area contributed by atoms with E-state index in [2.05, 4.69) is 0 Å². The number of halogens is 2. The lowest BCUT2D eigenvalue weighted by Gasteiger charge is -2.10. The summed E-state index contributed by atoms with van der Waals surface area (Å²) in [5.41, 5.74) is 5.09. The molecule has 0 aliphatic rings. The van der Waals surface area contributed by atoms with Crippen molar-refractivity contribution < 1.29 is 8.78 Å². The van der Waals surface area contributed by atoms with E-state index in [1.165, 1.54) is 6.07 Å². The van der Waals surface area contributed by atoms with Crippen LogP contribution in [0.5, 0.6) is 0 Å². The van der Waals surface area contributed by atoms with Gasteiger partial charge in [0, 0.05) is 5.39 Å². The molecule has 0 atom stereocenters. The Hall–Kier alpha value is -1.91. The number of pyridine rings is 1. The maximum atomic E-state index is 12.3. The molecule has 0 amide bonds. The monoisotopic (exact) mass is 224 g/mol. The van der Waals surface area contributed by atoms with E-state index in [0.29, 0.717) is 10.8 Å². The van der Waals surface area contributed by atoms with Crippen molar-refractivity contribution in [3.05, 3.63) is 40.7 Å². The molecule has 0 spiro atoms. The lowest BCUT2D eigenvalue weighted by Crippen LogP contribution is -2.25. The van der Waals surface area contributed by atoms with Crippen LogP contribution in [-0.2, 0) is 6.54 Å². The summed E-state index contributed by atoms with van der Waals surface area (Å²) in [6.07, 6.45) is -2.60. The molecule has 2 rings (SSSR count). The highest BCUT2D eigenvalue weighted by molar-refractivity contribution is 5.83. The summed E-state index contributed by atoms with van der Waals surface area (Å²) >= 11 is 0. The van der Waals surface area contributed by atoms with Crippen molar-refractivity contribution in [3.63, 3.8) is 0 Å². The van der Waals surface area contributed by atoms with Gasteiger partial charge in [0.2, 0.25) is 0 Å². The molecule has 1 aromatic carbocycles. The zero-order valence-electron chi connectivity index (χ0n) is 8.36. The van der Waals surface area contributed by atoms with Crippen LogP contribution in [0.4, 0.5) is 14.6 Å². The molecule has 5 heteroatoms. The number of benzene rings is 1. The number of nitrogens with zero attached hydrogens (tertiary/aromatic N) is 1. The molecule has 84 valence electrons. The third kappa shape index (κ3) is 1.76. The van der Waals surface area contributed by atoms with Crippen molar-refractivity contribution in [3.8, 4) is 0 Å². The minimum absolute atomic E-state index is 0.0593. The van der Waals surface area contributed by atoms with Crippen molar-refractivity contribution in [1.82, 2.24) is 4.57 Å². The minimum Gasteiger partial charge on any atom is -0.385 e. The van der Waals surface area contributed by atoms with Crippen molar-refractivity contribution in [2.24, 2.45) is 0 Å². The second kappa shape index (κ2) is 3.92. The third-order valence-electron chi connectivity index (χ3n) is 2.37. The molecule has 1 heterocycles. The predicted molar refractivity (Wildman–Crippen MR) is 58.6 cm³/mol. The van der Waals surface area contributed by atoms with Gasteiger partial charge in [0.15, 0.2) is 0 Å². The quantitative estimate of drug-likeness (QED) is 0.846. The first-order valence-corrected chi connectivity index (χ1v) is 4.76. The lowest BCUT2D eigenvalue weighted by molar-refractivity contribution is 0.126. The first kappa shape index (κ1) is 10.6. The molecule has 0 saturated heterocycles. The Morgan fingerprint density at radius 2 is 2.00 bits per heavy atom. The summed E-state index contributed by atoms with van der Waals surface area (Å²) in [6.45, 7) is -0.671. The van der Waals surface area contributed by atoms with Crippen LogP contribution < -0.4 is 11.3 Å². The summed E-state index contributed by atoms with van der Waals surface area (Å²) in [5, 5.41) is 1.06. The van der Waals surface area contributed by atoms with Gasteiger partial charge in [-0.05, 0) is 17.5 Å². The number of hydrogen-bond acceptors (Lipinski definition) is 2. The lowest BCUT2D eigenvalue weighted by atomic mass is 10.1. The summed E-state index contributed by atoms with van der Waals surface area (Å²) < 4.78 is 25.4. The van der Waals surface area contributed by atoms with E-state index in [1.54, 1.807) is 24.3 Å². The molecule has 0 saturated carbocycles. The molecule has 0 aliphatic heterocycles. The van der Waals surface area contributed by atoms with E-state index in [9.17, 15) is 13.6 Å². The standard InChI is InChI=1S/C11H10F2N2O/c12-9(13)6-15-10(14)5-7-3-1-2-4-8(7)11(15)16/h1-5,9H,6,14H2. The average molecular weight is 224 g/mol. The van der Waals surface area contributed by atoms with Crippen molar-refractivity contribution >= 4 is 16.6 Å². The van der Waals surface area contributed by atoms with Gasteiger partial charge >= 0.3 is 0 Å². The number of anilines is 1. The molecule has 2 N–H and O–H groups in total. The maximum Gasteiger partial charge on any atom is 0.260 e. The SMILES string of the molecule is Nc1cc2ccccc2c(=O)n1CC(F)F. The molecule has 0 bridgehead atoms. The number of aromatic nitrogens is 1. The average Bonchev–Trinajstić information content (AvgIpc) is 2.24. The van der Waals surface area contributed by atoms with Gasteiger partial charge in [0.1, 0.15) is 5.82 Å². The van der Waals surface area contributed by atoms with Crippen LogP contribution in [0, 0.1) is 0 Å². The van der Waals surface area contributed by atoms with Crippen LogP contribution in [0.1, 0.15) is 0 Å². The van der Waals surface area contributed by atoms with Gasteiger partial charge in [0.05, 0.1) is 6.54 Å². The van der Waals surface area contributed by atoms with Crippen LogP contribution in [0.25, 0.3) is 10.8 Å². The van der Waals surface area contributed by atoms with Crippen LogP contribution in [0.2, 0.25) is 0 Å². The van der Waals surface area contributed by atoms with E-state index in [0.717, 1.165) is 4.57 Å². The van der Waals surface area contributed by atoms with Gasteiger partial charge in [-0.15, -0.1) is 0 Å². The second-order valence-electron chi connectivity index (χ2n) is 3.46. The second-order valence-corrected chi connectivity index (χ2v) is 3.46. The Morgan fingerprint density at radius 3 is 2.69 bits per heavy atom. The molecule has 0 aliphatic carbocycles. The number of fused-ring (bicyclic) bond motifs is 1. The summed E-state index contributed by atoms with van der Waals surface area (Å²) in [7, 11) is 0. The summed E-state index contributed by atoms with van der Waals surface area (Å²) in [6, 6.07) is 8.29. The predicted octanol–water partition coefficient (Wildman–Crippen LogP) is 1.85. The zero-order chi connectivity index (χ0) is 11.7. The smallest absolute Gasteiger partial charge is 0.260 e. The number of rotatable bonds is 2. The van der Waals surface area contributed by atoms with Crippen LogP contribution in [0.15, 0.2) is 35.1 Å². The number of hydrogen-bond donors (Lipinski definition) is 1. The first-order chi connectivity index (χ1) is 7.59. The van der Waals surface area contributed by atoms with Gasteiger partial charge in [-0.2, -0.15) is 0 Å². The fourth-order valence-electron chi connectivity index (χ4n) is 1.64. The Balaban J connectivity index is 2.71. The van der Waals surface area contributed by atoms with E-state index in [1.807, 2.05) is 0 Å². The van der Waals surface area contributed by atoms with Gasteiger partial charge < -0.3 is 5.73 Å². The highest BCUT2D eigenvalue weighted by Crippen LogP contribution is 2.14. The van der Waals surface area contributed by atoms with Gasteiger partial charge in [-0.1, -0.05) is 18.2 Å². The largest absolute Gasteiger partial charge is 0.385 e. The molecular formula is C11H10F2N2O. The van der Waals surface area contributed by atoms with Crippen LogP contribution in [0.3, 0.4) is 0 Å². The molecule has 16 heavy (non-hydrogen) atoms. The Bertz CT molecular complexity index is 578. The molecule has 0 fully saturated rings. The topological polar surface area (TPSA) is 48.0 Å². The number of nitrogen functional groups attached to an aromatic ring is 1. The maximum absolute atomic E-state index is 12.3. The van der Waals surface area contributed by atoms with E-state index >= 15 is 0 Å². The highest BCUT2D eigenvalue weighted by atomic mass is 19.3. The Kier molecular flexibility index (Phi) is 2.60. The van der Waals surface area contributed by atoms with Crippen LogP contribution in [-0.4, -0.2) is 11.0 Å². The zero-order valence-corrected chi connectivity index (χ0v) is 8.36. The molecular weight excluding hydrogens is 214 g/mol. The van der Waals surface area contributed by atoms with E-state index in [4.69, 9.17) is 5.73 Å². The van der Waals surface area contributed by atoms with Crippen molar-refractivity contribution in [1.29, 1.82) is 0 Å². The summed E-state index contributed by atoms with van der Waals surface area (Å²) in [4.78, 5) is 11.8. The number of alkyl halides is 2. The Morgan fingerprint density at radius 1 is 1.31 bits per heavy atom. The number of nitrogens with two attached hydrogens (primary N) is 1. The van der Waals surface area contributed by atoms with E-state index in [-0.39, 0.29) is 5.82 Å². The van der Waals surface area contributed by atoms with Crippen molar-refractivity contribution in [2.75, 3.05) is 5.73 Å². The van der Waals surface area contributed by atoms with E-state index < -0.39 is 18.5 Å². The fraction of sp³-hybridized carbons (Fsp3) is 0.182. The Labute approximate surface area is 90.1 Å². The minimum atomic E-state index is -2.60. The fourth-order valence-corrected chi connectivity index (χ4v) is 1.64. The van der Waals surface area contributed by atoms with Gasteiger partial charge in [-0.25, -0.2) is 8.78 Å². The van der Waals surface area contributed by atoms with Gasteiger partial charge in [0.25, 0.3) is 12.0 Å². The van der Waals surface area contributed by atoms with Crippen molar-refractivity contribution in [2.45, 2.75) is 13.0 Å². The normalized spacial score (nSPS) is 11.2. The summed E-state index contributed by atoms with van der Waals surface area (Å²) in [5.74, 6) is 0.0593. The molecule has 1 aromatic heterocycles.